The van der Waals surface area contributed by atoms with Crippen molar-refractivity contribution in [2.45, 2.75) is 0 Å². The quantitative estimate of drug-likeness (QED) is 0.0635. The Labute approximate surface area is 272 Å². The van der Waals surface area contributed by atoms with Crippen molar-refractivity contribution in [3.63, 3.8) is 0 Å². The molecule has 0 aliphatic heterocycles. The minimum absolute atomic E-state index is 0. The van der Waals surface area contributed by atoms with Crippen molar-refractivity contribution in [2.24, 2.45) is 0 Å². The van der Waals surface area contributed by atoms with Crippen molar-refractivity contribution in [1.29, 1.82) is 0 Å². The van der Waals surface area contributed by atoms with E-state index >= 15 is 0 Å². The number of rotatable bonds is 7. The van der Waals surface area contributed by atoms with Crippen LogP contribution in [0.4, 0.5) is 17.3 Å². The Hall–Kier alpha value is -2.48. The number of hydrogen-bond donors (Lipinski definition) is 0. The van der Waals surface area contributed by atoms with Crippen LogP contribution in [0.3, 0.4) is 0 Å². The molecule has 0 saturated heterocycles. The van der Waals surface area contributed by atoms with Crippen LogP contribution >= 0.6 is 15.8 Å². The van der Waals surface area contributed by atoms with E-state index in [1.807, 2.05) is 38.5 Å². The van der Waals surface area contributed by atoms with Gasteiger partial charge in [-0.2, -0.15) is 0 Å². The Bertz CT molecular complexity index is 1080. The largest absolute Gasteiger partial charge is 0.0622 e. The maximum absolute atomic E-state index is 9.75. The molecular formula is C34H30BF4MnO2P2-. The van der Waals surface area contributed by atoms with Crippen LogP contribution in [-0.2, 0) is 26.4 Å². The summed E-state index contributed by atoms with van der Waals surface area (Å²) in [6.45, 7) is 9.00. The molecule has 0 amide bonds. The molecule has 10 heteroatoms. The zero-order valence-corrected chi connectivity index (χ0v) is 26.6. The Kier molecular flexibility index (Phi) is 24.4. The average Bonchev–Trinajstić information content (AvgIpc) is 3.07. The van der Waals surface area contributed by atoms with Crippen LogP contribution < -0.4 is 21.2 Å². The topological polar surface area (TPSA) is 39.8 Å². The van der Waals surface area contributed by atoms with Gasteiger partial charge >= 0.3 is 29.9 Å². The predicted octanol–water partition coefficient (Wildman–Crippen LogP) is 7.70. The molecule has 0 atom stereocenters. The van der Waals surface area contributed by atoms with Gasteiger partial charge < -0.3 is 17.3 Å². The first kappa shape index (κ1) is 41.5. The van der Waals surface area contributed by atoms with Crippen LogP contribution in [0, 0.1) is 51.8 Å². The van der Waals surface area contributed by atoms with Gasteiger partial charge in [-0.15, -0.1) is 0 Å². The van der Waals surface area contributed by atoms with Crippen molar-refractivity contribution in [2.75, 3.05) is 12.3 Å². The van der Waals surface area contributed by atoms with Gasteiger partial charge in [0.05, 0.1) is 0 Å². The molecule has 0 N–H and O–H groups in total. The van der Waals surface area contributed by atoms with Gasteiger partial charge in [0.15, 0.2) is 0 Å². The Morgan fingerprint density at radius 2 is 0.568 bits per heavy atom. The fraction of sp³-hybridized carbons (Fsp3) is 0.0588. The fourth-order valence-corrected chi connectivity index (χ4v) is 9.19. The van der Waals surface area contributed by atoms with E-state index in [0.29, 0.717) is 0 Å². The van der Waals surface area contributed by atoms with Crippen molar-refractivity contribution >= 4 is 44.3 Å². The minimum Gasteiger partial charge on any atom is -0.0622 e. The summed E-state index contributed by atoms with van der Waals surface area (Å²) in [4.78, 5) is 0. The van der Waals surface area contributed by atoms with Gasteiger partial charge in [0.2, 0.25) is 0 Å². The molecule has 4 aromatic rings. The molecule has 0 spiro atoms. The normalized spacial score (nSPS) is 11.8. The second-order valence-corrected chi connectivity index (χ2v) is 13.0. The van der Waals surface area contributed by atoms with Gasteiger partial charge in [0, 0.05) is 17.1 Å². The molecule has 1 saturated carbocycles. The molecule has 7 radical (unpaired) electrons. The van der Waals surface area contributed by atoms with Gasteiger partial charge in [-0.3, -0.25) is 0 Å². The van der Waals surface area contributed by atoms with Gasteiger partial charge in [0.25, 0.3) is 0 Å². The van der Waals surface area contributed by atoms with Gasteiger partial charge in [-0.25, -0.2) is 0 Å². The van der Waals surface area contributed by atoms with Crippen LogP contribution in [0.5, 0.6) is 0 Å². The predicted molar refractivity (Wildman–Crippen MR) is 172 cm³/mol. The molecule has 0 unspecified atom stereocenters. The van der Waals surface area contributed by atoms with Crippen LogP contribution in [0.25, 0.3) is 0 Å². The molecule has 1 fully saturated rings. The van der Waals surface area contributed by atoms with Crippen LogP contribution in [-0.4, -0.2) is 19.6 Å². The molecule has 227 valence electrons. The molecule has 1 aliphatic carbocycles. The summed E-state index contributed by atoms with van der Waals surface area (Å²) < 4.78 is 54.0. The average molecular weight is 674 g/mol. The monoisotopic (exact) mass is 674 g/mol. The summed E-state index contributed by atoms with van der Waals surface area (Å²) in [5.41, 5.74) is 0. The van der Waals surface area contributed by atoms with E-state index in [0.717, 1.165) is 0 Å². The Morgan fingerprint density at radius 1 is 0.409 bits per heavy atom. The van der Waals surface area contributed by atoms with E-state index in [1.54, 1.807) is 0 Å². The molecule has 44 heavy (non-hydrogen) atoms. The summed E-state index contributed by atoms with van der Waals surface area (Å²) in [6.07, 6.45) is 14.4. The third-order valence-corrected chi connectivity index (χ3v) is 10.9. The Balaban J connectivity index is 0.000000966. The third-order valence-electron chi connectivity index (χ3n) is 5.49. The van der Waals surface area contributed by atoms with Crippen molar-refractivity contribution in [3.05, 3.63) is 173 Å². The summed E-state index contributed by atoms with van der Waals surface area (Å²) in [5, 5.41) is 5.89. The van der Waals surface area contributed by atoms with Crippen LogP contribution in [0.15, 0.2) is 121 Å². The standard InChI is InChI=1S/C26H24P2.C6H6.2CO.BF4.Mn/c1-5-13-23(14-6-1)27(24-15-7-2-8-16-24)21-22-28(25-17-9-3-10-18-25)26-19-11-4-12-20-26;1-2-4-6-5-3-1;2*1-2;2-1(3,4)5;/h1-20H,21-22H2;1-6H;;;;/q;;;;-1;. The van der Waals surface area contributed by atoms with E-state index in [1.165, 1.54) is 33.5 Å². The summed E-state index contributed by atoms with van der Waals surface area (Å²) in [5.74, 6) is 0. The maximum atomic E-state index is 9.75. The molecule has 2 nitrogen and oxygen atoms in total. The third kappa shape index (κ3) is 18.4. The summed E-state index contributed by atoms with van der Waals surface area (Å²) >= 11 is 0. The molecular weight excluding hydrogens is 644 g/mol. The van der Waals surface area contributed by atoms with Gasteiger partial charge in [0.1, 0.15) is 0 Å². The minimum atomic E-state index is -6.00. The number of halogens is 4. The van der Waals surface area contributed by atoms with E-state index in [2.05, 4.69) is 135 Å². The molecule has 4 aromatic carbocycles. The molecule has 0 aromatic heterocycles. The fourth-order valence-electron chi connectivity index (χ4n) is 3.83. The van der Waals surface area contributed by atoms with Crippen molar-refractivity contribution in [1.82, 2.24) is 0 Å². The summed E-state index contributed by atoms with van der Waals surface area (Å²) in [7, 11) is -6.70. The first-order chi connectivity index (χ1) is 20.9. The zero-order valence-electron chi connectivity index (χ0n) is 23.6. The van der Waals surface area contributed by atoms with E-state index in [9.17, 15) is 17.3 Å². The van der Waals surface area contributed by atoms with Gasteiger partial charge in [-0.1, -0.05) is 121 Å². The molecule has 5 rings (SSSR count). The zero-order chi connectivity index (χ0) is 31.8. The van der Waals surface area contributed by atoms with Crippen molar-refractivity contribution in [3.8, 4) is 0 Å². The van der Waals surface area contributed by atoms with E-state index in [4.69, 9.17) is 9.30 Å². The number of benzene rings is 4. The number of hydrogen-bond acceptors (Lipinski definition) is 0. The second-order valence-electron chi connectivity index (χ2n) is 8.30. The van der Waals surface area contributed by atoms with E-state index < -0.39 is 7.25 Å². The smallest absolute Gasteiger partial charge is 0 e. The first-order valence-electron chi connectivity index (χ1n) is 13.0. The van der Waals surface area contributed by atoms with Crippen LogP contribution in [0.1, 0.15) is 0 Å². The molecule has 0 bridgehead atoms. The molecule has 0 heterocycles. The summed E-state index contributed by atoms with van der Waals surface area (Å²) in [6, 6.07) is 44.2. The van der Waals surface area contributed by atoms with Crippen molar-refractivity contribution < 1.29 is 43.6 Å². The maximum Gasteiger partial charge on any atom is 0 e. The Morgan fingerprint density at radius 3 is 0.727 bits per heavy atom. The second kappa shape index (κ2) is 25.8. The van der Waals surface area contributed by atoms with Gasteiger partial charge in [-0.05, 0) is 87.9 Å². The first-order valence-corrected chi connectivity index (χ1v) is 16.0. The van der Waals surface area contributed by atoms with E-state index in [-0.39, 0.29) is 32.9 Å². The molecule has 1 aliphatic rings. The van der Waals surface area contributed by atoms with Crippen LogP contribution in [0.2, 0.25) is 0 Å². The SMILES string of the molecule is F[B-](F)(F)F.[C-]#[O+].[C-]#[O+].[CH]1[CH][CH][CH][CH][CH]1.[Mn].c1ccc(P(CCP(c2ccccc2)c2ccccc2)c2ccccc2)cc1.